The van der Waals surface area contributed by atoms with Gasteiger partial charge in [-0.1, -0.05) is 30.7 Å². The number of esters is 1. The van der Waals surface area contributed by atoms with Gasteiger partial charge in [0.2, 0.25) is 5.91 Å². The van der Waals surface area contributed by atoms with Gasteiger partial charge in [-0.15, -0.1) is 0 Å². The third-order valence-corrected chi connectivity index (χ3v) is 5.01. The average molecular weight is 356 g/mol. The van der Waals surface area contributed by atoms with E-state index < -0.39 is 5.97 Å². The molecule has 0 spiro atoms. The van der Waals surface area contributed by atoms with Crippen molar-refractivity contribution in [3.63, 3.8) is 0 Å². The van der Waals surface area contributed by atoms with Crippen LogP contribution in [0.3, 0.4) is 0 Å². The summed E-state index contributed by atoms with van der Waals surface area (Å²) in [6.07, 6.45) is 2.93. The number of nitrogens with one attached hydrogen (secondary N) is 1. The number of rotatable bonds is 6. The van der Waals surface area contributed by atoms with Gasteiger partial charge in [0.15, 0.2) is 6.61 Å². The summed E-state index contributed by atoms with van der Waals surface area (Å²) in [4.78, 5) is 24.0. The fourth-order valence-electron chi connectivity index (χ4n) is 3.59. The van der Waals surface area contributed by atoms with Gasteiger partial charge in [0.1, 0.15) is 5.75 Å². The Bertz CT molecular complexity index is 805. The first-order valence-electron chi connectivity index (χ1n) is 8.86. The number of nitrogens with two attached hydrogens (primary N) is 1. The molecule has 0 saturated heterocycles. The first-order valence-corrected chi connectivity index (χ1v) is 8.86. The van der Waals surface area contributed by atoms with Crippen molar-refractivity contribution in [3.05, 3.63) is 36.4 Å². The van der Waals surface area contributed by atoms with Crippen LogP contribution in [0.5, 0.6) is 5.75 Å². The zero-order valence-electron chi connectivity index (χ0n) is 14.9. The van der Waals surface area contributed by atoms with E-state index in [4.69, 9.17) is 10.5 Å². The van der Waals surface area contributed by atoms with E-state index in [0.717, 1.165) is 35.7 Å². The van der Waals surface area contributed by atoms with Gasteiger partial charge in [-0.3, -0.25) is 4.79 Å². The lowest BCUT2D eigenvalue weighted by Crippen LogP contribution is -2.29. The van der Waals surface area contributed by atoms with Crippen LogP contribution in [0.15, 0.2) is 36.4 Å². The van der Waals surface area contributed by atoms with E-state index >= 15 is 0 Å². The first kappa shape index (κ1) is 18.2. The smallest absolute Gasteiger partial charge is 0.343 e. The molecule has 6 nitrogen and oxygen atoms in total. The molecule has 0 aliphatic heterocycles. The van der Waals surface area contributed by atoms with Crippen LogP contribution < -0.4 is 15.8 Å². The molecule has 1 fully saturated rings. The maximum atomic E-state index is 12.7. The molecule has 2 aromatic rings. The number of carbonyl (C=O) groups excluding carboxylic acids is 2. The van der Waals surface area contributed by atoms with Crippen molar-refractivity contribution in [1.82, 2.24) is 0 Å². The van der Waals surface area contributed by atoms with Crippen LogP contribution in [0.4, 0.5) is 5.69 Å². The zero-order valence-corrected chi connectivity index (χ0v) is 14.9. The van der Waals surface area contributed by atoms with Crippen molar-refractivity contribution in [2.45, 2.75) is 19.3 Å². The molecule has 3 rings (SSSR count). The van der Waals surface area contributed by atoms with Gasteiger partial charge < -0.3 is 20.5 Å². The summed E-state index contributed by atoms with van der Waals surface area (Å²) < 4.78 is 10.2. The number of anilines is 1. The predicted molar refractivity (Wildman–Crippen MR) is 100.0 cm³/mol. The van der Waals surface area contributed by atoms with Gasteiger partial charge in [-0.2, -0.15) is 0 Å². The van der Waals surface area contributed by atoms with Crippen LogP contribution in [0.2, 0.25) is 0 Å². The number of benzene rings is 2. The van der Waals surface area contributed by atoms with Crippen molar-refractivity contribution in [1.29, 1.82) is 0 Å². The molecule has 2 atom stereocenters. The summed E-state index contributed by atoms with van der Waals surface area (Å²) in [6.45, 7) is 0.381. The van der Waals surface area contributed by atoms with E-state index in [1.54, 1.807) is 12.1 Å². The molecule has 26 heavy (non-hydrogen) atoms. The minimum atomic E-state index is -0.444. The first-order chi connectivity index (χ1) is 12.6. The summed E-state index contributed by atoms with van der Waals surface area (Å²) >= 11 is 0. The molecule has 1 aliphatic rings. The Balaban J connectivity index is 1.83. The van der Waals surface area contributed by atoms with Gasteiger partial charge in [0.25, 0.3) is 0 Å². The highest BCUT2D eigenvalue weighted by Crippen LogP contribution is 2.35. The second kappa shape index (κ2) is 8.19. The molecule has 6 heteroatoms. The molecular weight excluding hydrogens is 332 g/mol. The lowest BCUT2D eigenvalue weighted by Gasteiger charge is -2.19. The quantitative estimate of drug-likeness (QED) is 0.777. The highest BCUT2D eigenvalue weighted by atomic mass is 16.6. The fourth-order valence-corrected chi connectivity index (χ4v) is 3.59. The second-order valence-electron chi connectivity index (χ2n) is 6.54. The number of hydrogen-bond donors (Lipinski definition) is 2. The van der Waals surface area contributed by atoms with E-state index in [-0.39, 0.29) is 24.3 Å². The molecule has 2 aromatic carbocycles. The number of hydrogen-bond acceptors (Lipinski definition) is 5. The molecule has 0 bridgehead atoms. The minimum absolute atomic E-state index is 0.0198. The van der Waals surface area contributed by atoms with E-state index in [0.29, 0.717) is 12.3 Å². The third kappa shape index (κ3) is 3.80. The van der Waals surface area contributed by atoms with Crippen LogP contribution >= 0.6 is 0 Å². The van der Waals surface area contributed by atoms with Gasteiger partial charge in [0.05, 0.1) is 7.11 Å². The standard InChI is InChI=1S/C20H24N2O4/c1-25-19(23)12-26-18-10-9-17(15-6-2-3-7-16(15)18)22-20(24)14-8-4-5-13(14)11-21/h2-3,6-7,9-10,13-14H,4-5,8,11-12,21H2,1H3,(H,22,24)/t13-,14-/m1/s1. The van der Waals surface area contributed by atoms with Crippen molar-refractivity contribution < 1.29 is 19.1 Å². The molecular formula is C20H24N2O4. The Hall–Kier alpha value is -2.60. The molecule has 0 radical (unpaired) electrons. The topological polar surface area (TPSA) is 90.6 Å². The van der Waals surface area contributed by atoms with Crippen molar-refractivity contribution in [2.24, 2.45) is 17.6 Å². The third-order valence-electron chi connectivity index (χ3n) is 5.01. The monoisotopic (exact) mass is 356 g/mol. The van der Waals surface area contributed by atoms with Crippen LogP contribution in [-0.2, 0) is 14.3 Å². The Morgan fingerprint density at radius 1 is 1.15 bits per heavy atom. The Morgan fingerprint density at radius 2 is 1.92 bits per heavy atom. The SMILES string of the molecule is COC(=O)COc1ccc(NC(=O)[C@@H]2CCC[C@@H]2CN)c2ccccc12. The van der Waals surface area contributed by atoms with Crippen LogP contribution in [0.25, 0.3) is 10.8 Å². The average Bonchev–Trinajstić information content (AvgIpc) is 3.16. The van der Waals surface area contributed by atoms with Crippen molar-refractivity contribution in [3.8, 4) is 5.75 Å². The van der Waals surface area contributed by atoms with Crippen molar-refractivity contribution in [2.75, 3.05) is 25.6 Å². The normalized spacial score (nSPS) is 19.3. The molecule has 3 N–H and O–H groups in total. The number of methoxy groups -OCH3 is 1. The molecule has 138 valence electrons. The van der Waals surface area contributed by atoms with Gasteiger partial charge in [-0.25, -0.2) is 4.79 Å². The highest BCUT2D eigenvalue weighted by Gasteiger charge is 2.32. The number of fused-ring (bicyclic) bond motifs is 1. The van der Waals surface area contributed by atoms with E-state index in [1.165, 1.54) is 7.11 Å². The summed E-state index contributed by atoms with van der Waals surface area (Å²) in [6, 6.07) is 11.2. The summed E-state index contributed by atoms with van der Waals surface area (Å²) in [7, 11) is 1.32. The molecule has 1 saturated carbocycles. The summed E-state index contributed by atoms with van der Waals surface area (Å²) in [5.41, 5.74) is 6.54. The molecule has 1 amide bonds. The zero-order chi connectivity index (χ0) is 18.5. The molecule has 0 heterocycles. The van der Waals surface area contributed by atoms with Gasteiger partial charge in [-0.05, 0) is 37.4 Å². The maximum absolute atomic E-state index is 12.7. The largest absolute Gasteiger partial charge is 0.481 e. The molecule has 0 unspecified atom stereocenters. The van der Waals surface area contributed by atoms with Gasteiger partial charge >= 0.3 is 5.97 Å². The summed E-state index contributed by atoms with van der Waals surface area (Å²) in [5.74, 6) is 0.370. The molecule has 0 aromatic heterocycles. The predicted octanol–water partition coefficient (Wildman–Crippen LogP) is 2.71. The Labute approximate surface area is 152 Å². The summed E-state index contributed by atoms with van der Waals surface area (Å²) in [5, 5.41) is 4.75. The minimum Gasteiger partial charge on any atom is -0.481 e. The number of amides is 1. The molecule has 1 aliphatic carbocycles. The lowest BCUT2D eigenvalue weighted by atomic mass is 9.95. The Morgan fingerprint density at radius 3 is 2.65 bits per heavy atom. The second-order valence-corrected chi connectivity index (χ2v) is 6.54. The Kier molecular flexibility index (Phi) is 5.73. The van der Waals surface area contributed by atoms with E-state index in [2.05, 4.69) is 10.1 Å². The fraction of sp³-hybridized carbons (Fsp3) is 0.400. The van der Waals surface area contributed by atoms with Crippen LogP contribution in [0.1, 0.15) is 19.3 Å². The highest BCUT2D eigenvalue weighted by molar-refractivity contribution is 6.05. The van der Waals surface area contributed by atoms with Crippen molar-refractivity contribution >= 4 is 28.3 Å². The number of ether oxygens (including phenoxy) is 2. The maximum Gasteiger partial charge on any atom is 0.343 e. The van der Waals surface area contributed by atoms with E-state index in [9.17, 15) is 9.59 Å². The van der Waals surface area contributed by atoms with Gasteiger partial charge in [0, 0.05) is 22.4 Å². The lowest BCUT2D eigenvalue weighted by molar-refractivity contribution is -0.142. The number of carbonyl (C=O) groups is 2. The van der Waals surface area contributed by atoms with E-state index in [1.807, 2.05) is 24.3 Å². The van der Waals surface area contributed by atoms with Crippen LogP contribution in [0, 0.1) is 11.8 Å². The van der Waals surface area contributed by atoms with Crippen LogP contribution in [-0.4, -0.2) is 32.1 Å².